The average Bonchev–Trinajstić information content (AvgIpc) is 2.53. The molecule has 0 aliphatic heterocycles. The van der Waals surface area contributed by atoms with Crippen molar-refractivity contribution in [1.29, 1.82) is 0 Å². The van der Waals surface area contributed by atoms with Crippen molar-refractivity contribution in [1.82, 2.24) is 4.72 Å². The maximum Gasteiger partial charge on any atom is 0.240 e. The second-order valence-corrected chi connectivity index (χ2v) is 7.61. The maximum atomic E-state index is 12.4. The van der Waals surface area contributed by atoms with E-state index in [0.717, 1.165) is 30.4 Å². The van der Waals surface area contributed by atoms with Gasteiger partial charge in [-0.05, 0) is 48.4 Å². The van der Waals surface area contributed by atoms with Crippen LogP contribution in [0.15, 0.2) is 23.1 Å². The van der Waals surface area contributed by atoms with E-state index >= 15 is 0 Å². The van der Waals surface area contributed by atoms with Crippen LogP contribution in [0.2, 0.25) is 0 Å². The van der Waals surface area contributed by atoms with Crippen molar-refractivity contribution in [2.75, 3.05) is 6.54 Å². The topological polar surface area (TPSA) is 72.2 Å². The van der Waals surface area contributed by atoms with Crippen LogP contribution in [0, 0.1) is 5.92 Å². The van der Waals surface area contributed by atoms with E-state index in [9.17, 15) is 8.42 Å². The Labute approximate surface area is 128 Å². The normalized spacial score (nSPS) is 17.0. The van der Waals surface area contributed by atoms with Crippen LogP contribution in [0.5, 0.6) is 0 Å². The van der Waals surface area contributed by atoms with Gasteiger partial charge in [-0.3, -0.25) is 0 Å². The number of nitrogens with two attached hydrogens (primary N) is 1. The van der Waals surface area contributed by atoms with Gasteiger partial charge in [0.05, 0.1) is 4.90 Å². The van der Waals surface area contributed by atoms with Gasteiger partial charge in [0.25, 0.3) is 0 Å². The smallest absolute Gasteiger partial charge is 0.240 e. The van der Waals surface area contributed by atoms with Gasteiger partial charge in [-0.1, -0.05) is 32.3 Å². The van der Waals surface area contributed by atoms with Crippen LogP contribution in [0.1, 0.15) is 50.2 Å². The molecule has 0 atom stereocenters. The van der Waals surface area contributed by atoms with E-state index < -0.39 is 10.0 Å². The van der Waals surface area contributed by atoms with Crippen molar-refractivity contribution in [2.45, 2.75) is 56.9 Å². The fourth-order valence-corrected chi connectivity index (χ4v) is 4.17. The largest absolute Gasteiger partial charge is 0.326 e. The fraction of sp³-hybridized carbons (Fsp3) is 0.625. The molecule has 0 saturated heterocycles. The highest BCUT2D eigenvalue weighted by molar-refractivity contribution is 7.89. The molecule has 0 bridgehead atoms. The van der Waals surface area contributed by atoms with Crippen LogP contribution in [0.25, 0.3) is 0 Å². The average molecular weight is 310 g/mol. The van der Waals surface area contributed by atoms with E-state index in [-0.39, 0.29) is 0 Å². The summed E-state index contributed by atoms with van der Waals surface area (Å²) in [5.74, 6) is 0.484. The number of hydrogen-bond donors (Lipinski definition) is 2. The Bertz CT molecular complexity index is 564. The predicted octanol–water partition coefficient (Wildman–Crippen LogP) is 2.57. The number of hydrogen-bond acceptors (Lipinski definition) is 3. The molecule has 0 amide bonds. The van der Waals surface area contributed by atoms with Crippen LogP contribution in [-0.4, -0.2) is 15.0 Å². The standard InChI is InChI=1S/C16H26N2O2S/c1-2-14-8-9-16(10-15(14)11-17)21(19,20)18-12-13-6-4-3-5-7-13/h8-10,13,18H,2-7,11-12,17H2,1H3. The highest BCUT2D eigenvalue weighted by atomic mass is 32.2. The monoisotopic (exact) mass is 310 g/mol. The van der Waals surface area contributed by atoms with Crippen LogP contribution in [-0.2, 0) is 23.0 Å². The zero-order valence-electron chi connectivity index (χ0n) is 12.8. The lowest BCUT2D eigenvalue weighted by Gasteiger charge is -2.21. The minimum absolute atomic E-state index is 0.330. The van der Waals surface area contributed by atoms with Crippen LogP contribution < -0.4 is 10.5 Å². The minimum Gasteiger partial charge on any atom is -0.326 e. The van der Waals surface area contributed by atoms with Crippen molar-refractivity contribution in [3.8, 4) is 0 Å². The first kappa shape index (κ1) is 16.5. The molecule has 1 saturated carbocycles. The van der Waals surface area contributed by atoms with E-state index in [4.69, 9.17) is 5.73 Å². The Morgan fingerprint density at radius 3 is 2.52 bits per heavy atom. The third-order valence-corrected chi connectivity index (χ3v) is 5.80. The summed E-state index contributed by atoms with van der Waals surface area (Å²) in [6, 6.07) is 5.26. The lowest BCUT2D eigenvalue weighted by molar-refractivity contribution is 0.357. The summed E-state index contributed by atoms with van der Waals surface area (Å²) in [4.78, 5) is 0.330. The summed E-state index contributed by atoms with van der Waals surface area (Å²) in [7, 11) is -3.42. The first-order chi connectivity index (χ1) is 10.1. The van der Waals surface area contributed by atoms with E-state index in [1.807, 2.05) is 13.0 Å². The summed E-state index contributed by atoms with van der Waals surface area (Å²) in [6.45, 7) is 2.97. The van der Waals surface area contributed by atoms with Gasteiger partial charge < -0.3 is 5.73 Å². The molecule has 1 aromatic carbocycles. The van der Waals surface area contributed by atoms with Crippen LogP contribution >= 0.6 is 0 Å². The summed E-state index contributed by atoms with van der Waals surface area (Å²) in [5, 5.41) is 0. The molecule has 3 N–H and O–H groups in total. The Morgan fingerprint density at radius 2 is 1.90 bits per heavy atom. The molecule has 4 nitrogen and oxygen atoms in total. The molecular formula is C16H26N2O2S. The highest BCUT2D eigenvalue weighted by Crippen LogP contribution is 2.23. The maximum absolute atomic E-state index is 12.4. The lowest BCUT2D eigenvalue weighted by atomic mass is 9.90. The third kappa shape index (κ3) is 4.28. The van der Waals surface area contributed by atoms with Crippen LogP contribution in [0.3, 0.4) is 0 Å². The SMILES string of the molecule is CCc1ccc(S(=O)(=O)NCC2CCCCC2)cc1CN. The molecule has 1 aromatic rings. The van der Waals surface area contributed by atoms with E-state index in [1.54, 1.807) is 12.1 Å². The Morgan fingerprint density at radius 1 is 1.19 bits per heavy atom. The van der Waals surface area contributed by atoms with Gasteiger partial charge in [0.2, 0.25) is 10.0 Å². The number of benzene rings is 1. The molecule has 0 radical (unpaired) electrons. The predicted molar refractivity (Wildman–Crippen MR) is 85.5 cm³/mol. The van der Waals surface area contributed by atoms with E-state index in [0.29, 0.717) is 23.9 Å². The minimum atomic E-state index is -3.42. The van der Waals surface area contributed by atoms with Gasteiger partial charge >= 0.3 is 0 Å². The summed E-state index contributed by atoms with van der Waals surface area (Å²) in [6.07, 6.45) is 6.84. The molecule has 1 aliphatic carbocycles. The van der Waals surface area contributed by atoms with Gasteiger partial charge in [-0.15, -0.1) is 0 Å². The van der Waals surface area contributed by atoms with Crippen molar-refractivity contribution in [3.63, 3.8) is 0 Å². The molecule has 0 heterocycles. The number of sulfonamides is 1. The van der Waals surface area contributed by atoms with E-state index in [1.165, 1.54) is 19.3 Å². The first-order valence-corrected chi connectivity index (χ1v) is 9.36. The quantitative estimate of drug-likeness (QED) is 0.848. The molecule has 0 unspecified atom stereocenters. The highest BCUT2D eigenvalue weighted by Gasteiger charge is 2.19. The van der Waals surface area contributed by atoms with Gasteiger partial charge in [0.1, 0.15) is 0 Å². The summed E-state index contributed by atoms with van der Waals surface area (Å²) < 4.78 is 27.5. The van der Waals surface area contributed by atoms with Gasteiger partial charge in [0.15, 0.2) is 0 Å². The Balaban J connectivity index is 2.07. The van der Waals surface area contributed by atoms with Crippen molar-refractivity contribution < 1.29 is 8.42 Å². The zero-order valence-corrected chi connectivity index (χ0v) is 13.6. The number of rotatable bonds is 6. The Hall–Kier alpha value is -0.910. The van der Waals surface area contributed by atoms with Crippen molar-refractivity contribution >= 4 is 10.0 Å². The van der Waals surface area contributed by atoms with Crippen molar-refractivity contribution in [3.05, 3.63) is 29.3 Å². The van der Waals surface area contributed by atoms with Gasteiger partial charge in [0, 0.05) is 13.1 Å². The summed E-state index contributed by atoms with van der Waals surface area (Å²) in [5.41, 5.74) is 7.74. The molecule has 2 rings (SSSR count). The first-order valence-electron chi connectivity index (χ1n) is 7.88. The van der Waals surface area contributed by atoms with Gasteiger partial charge in [-0.2, -0.15) is 0 Å². The second-order valence-electron chi connectivity index (χ2n) is 5.84. The van der Waals surface area contributed by atoms with Crippen molar-refractivity contribution in [2.24, 2.45) is 11.7 Å². The molecule has 0 aromatic heterocycles. The lowest BCUT2D eigenvalue weighted by Crippen LogP contribution is -2.30. The fourth-order valence-electron chi connectivity index (χ4n) is 3.01. The molecular weight excluding hydrogens is 284 g/mol. The molecule has 0 spiro atoms. The molecule has 1 aliphatic rings. The number of aryl methyl sites for hydroxylation is 1. The summed E-state index contributed by atoms with van der Waals surface area (Å²) >= 11 is 0. The van der Waals surface area contributed by atoms with Crippen LogP contribution in [0.4, 0.5) is 0 Å². The Kier molecular flexibility index (Phi) is 5.79. The molecule has 118 valence electrons. The number of nitrogens with one attached hydrogen (secondary N) is 1. The second kappa shape index (κ2) is 7.38. The molecule has 1 fully saturated rings. The van der Waals surface area contributed by atoms with E-state index in [2.05, 4.69) is 4.72 Å². The molecule has 21 heavy (non-hydrogen) atoms. The van der Waals surface area contributed by atoms with Gasteiger partial charge in [-0.25, -0.2) is 13.1 Å². The molecule has 5 heteroatoms. The zero-order chi connectivity index (χ0) is 15.3. The third-order valence-electron chi connectivity index (χ3n) is 4.38.